The van der Waals surface area contributed by atoms with Crippen molar-refractivity contribution in [3.05, 3.63) is 59.9 Å². The van der Waals surface area contributed by atoms with Crippen molar-refractivity contribution in [2.75, 3.05) is 61.7 Å². The molecule has 3 aromatic rings. The van der Waals surface area contributed by atoms with Crippen LogP contribution in [0.5, 0.6) is 0 Å². The maximum atomic E-state index is 5.55. The van der Waals surface area contributed by atoms with Gasteiger partial charge in [0, 0.05) is 61.0 Å². The molecule has 1 fully saturated rings. The summed E-state index contributed by atoms with van der Waals surface area (Å²) in [5.74, 6) is 2.32. The normalized spacial score (nSPS) is 20.1. The van der Waals surface area contributed by atoms with Crippen LogP contribution < -0.4 is 15.1 Å². The summed E-state index contributed by atoms with van der Waals surface area (Å²) in [6.07, 6.45) is 1.92. The summed E-state index contributed by atoms with van der Waals surface area (Å²) in [7, 11) is 1.73. The zero-order chi connectivity index (χ0) is 22.8. The largest absolute Gasteiger partial charge is 0.384 e. The number of anilines is 5. The van der Waals surface area contributed by atoms with Gasteiger partial charge in [0.15, 0.2) is 0 Å². The quantitative estimate of drug-likeness (QED) is 0.613. The molecule has 1 N–H and O–H groups in total. The van der Waals surface area contributed by atoms with Gasteiger partial charge >= 0.3 is 0 Å². The fourth-order valence-corrected chi connectivity index (χ4v) is 4.59. The van der Waals surface area contributed by atoms with E-state index < -0.39 is 0 Å². The number of hydrogen-bond donors (Lipinski definition) is 1. The second kappa shape index (κ2) is 8.96. The Bertz CT molecular complexity index is 1120. The van der Waals surface area contributed by atoms with E-state index >= 15 is 0 Å². The average molecular weight is 447 g/mol. The Hall–Kier alpha value is -3.23. The number of fused-ring (bicyclic) bond motifs is 1. The van der Waals surface area contributed by atoms with Crippen LogP contribution >= 0.6 is 0 Å². The van der Waals surface area contributed by atoms with Crippen LogP contribution in [0.1, 0.15) is 18.2 Å². The minimum Gasteiger partial charge on any atom is -0.384 e. The van der Waals surface area contributed by atoms with Gasteiger partial charge in [-0.1, -0.05) is 13.0 Å². The lowest BCUT2D eigenvalue weighted by Gasteiger charge is -2.28. The Labute approximate surface area is 194 Å². The molecule has 0 saturated carbocycles. The molecule has 2 aromatic heterocycles. The fraction of sp³-hybridized carbons (Fsp3) is 0.400. The molecule has 0 aliphatic carbocycles. The molecule has 2 aliphatic heterocycles. The Kier molecular flexibility index (Phi) is 5.86. The lowest BCUT2D eigenvalue weighted by atomic mass is 9.87. The molecule has 0 radical (unpaired) electrons. The zero-order valence-electron chi connectivity index (χ0n) is 19.4. The van der Waals surface area contributed by atoms with Crippen LogP contribution in [0.15, 0.2) is 48.7 Å². The molecule has 8 heteroatoms. The molecule has 0 amide bonds. The van der Waals surface area contributed by atoms with Crippen molar-refractivity contribution in [3.8, 4) is 0 Å². The van der Waals surface area contributed by atoms with Gasteiger partial charge in [0.25, 0.3) is 0 Å². The number of pyridine rings is 1. The van der Waals surface area contributed by atoms with Crippen LogP contribution in [-0.2, 0) is 14.9 Å². The summed E-state index contributed by atoms with van der Waals surface area (Å²) in [6, 6.07) is 14.4. The summed E-state index contributed by atoms with van der Waals surface area (Å²) in [5.41, 5.74) is 3.98. The first-order valence-electron chi connectivity index (χ1n) is 11.3. The number of hydrogen-bond acceptors (Lipinski definition) is 8. The van der Waals surface area contributed by atoms with Crippen molar-refractivity contribution in [1.82, 2.24) is 15.0 Å². The first kappa shape index (κ1) is 21.6. The van der Waals surface area contributed by atoms with Crippen LogP contribution in [-0.4, -0.2) is 61.5 Å². The molecule has 1 aromatic carbocycles. The molecule has 0 bridgehead atoms. The summed E-state index contributed by atoms with van der Waals surface area (Å²) in [4.78, 5) is 18.8. The third-order valence-electron chi connectivity index (χ3n) is 6.29. The third kappa shape index (κ3) is 4.36. The van der Waals surface area contributed by atoms with Gasteiger partial charge in [-0.3, -0.25) is 0 Å². The Morgan fingerprint density at radius 1 is 1.09 bits per heavy atom. The topological polar surface area (TPSA) is 75.6 Å². The van der Waals surface area contributed by atoms with Gasteiger partial charge in [0.1, 0.15) is 11.6 Å². The van der Waals surface area contributed by atoms with Crippen LogP contribution in [0.3, 0.4) is 0 Å². The molecular formula is C25H30N6O2. The van der Waals surface area contributed by atoms with E-state index in [4.69, 9.17) is 19.4 Å². The predicted molar refractivity (Wildman–Crippen MR) is 130 cm³/mol. The van der Waals surface area contributed by atoms with E-state index in [2.05, 4.69) is 51.3 Å². The second-order valence-electron chi connectivity index (χ2n) is 8.92. The lowest BCUT2D eigenvalue weighted by Crippen LogP contribution is -2.36. The maximum absolute atomic E-state index is 5.55. The summed E-state index contributed by atoms with van der Waals surface area (Å²) >= 11 is 0. The molecular weight excluding hydrogens is 416 g/mol. The maximum Gasteiger partial charge on any atom is 0.229 e. The number of nitrogens with one attached hydrogen (secondary N) is 1. The van der Waals surface area contributed by atoms with E-state index in [0.717, 1.165) is 61.4 Å². The van der Waals surface area contributed by atoms with Crippen molar-refractivity contribution >= 4 is 29.0 Å². The number of methoxy groups -OCH3 is 1. The third-order valence-corrected chi connectivity index (χ3v) is 6.29. The first-order valence-corrected chi connectivity index (χ1v) is 11.3. The van der Waals surface area contributed by atoms with Gasteiger partial charge in [0.2, 0.25) is 5.95 Å². The van der Waals surface area contributed by atoms with E-state index in [1.807, 2.05) is 31.3 Å². The van der Waals surface area contributed by atoms with Crippen LogP contribution in [0.25, 0.3) is 0 Å². The number of morpholine rings is 1. The van der Waals surface area contributed by atoms with Crippen molar-refractivity contribution < 1.29 is 9.47 Å². The van der Waals surface area contributed by atoms with Crippen LogP contribution in [0.2, 0.25) is 0 Å². The number of aryl methyl sites for hydroxylation is 1. The second-order valence-corrected chi connectivity index (χ2v) is 8.92. The molecule has 2 aliphatic rings. The van der Waals surface area contributed by atoms with Gasteiger partial charge in [-0.15, -0.1) is 0 Å². The Morgan fingerprint density at radius 2 is 1.88 bits per heavy atom. The van der Waals surface area contributed by atoms with Gasteiger partial charge in [-0.05, 0) is 43.3 Å². The lowest BCUT2D eigenvalue weighted by molar-refractivity contribution is 0.122. The summed E-state index contributed by atoms with van der Waals surface area (Å²) in [6.45, 7) is 8.90. The molecule has 172 valence electrons. The van der Waals surface area contributed by atoms with Crippen LogP contribution in [0, 0.1) is 6.92 Å². The number of benzene rings is 1. The molecule has 5 rings (SSSR count). The average Bonchev–Trinajstić information content (AvgIpc) is 3.12. The molecule has 0 spiro atoms. The molecule has 0 unspecified atom stereocenters. The zero-order valence-corrected chi connectivity index (χ0v) is 19.4. The molecule has 1 atom stereocenters. The van der Waals surface area contributed by atoms with Crippen molar-refractivity contribution in [1.29, 1.82) is 0 Å². The van der Waals surface area contributed by atoms with Crippen LogP contribution in [0.4, 0.5) is 29.0 Å². The number of aromatic nitrogens is 3. The standard InChI is InChI=1S/C25H30N6O2/c1-18-5-4-6-22(27-18)31-16-25(2,17-32-3)21-15-26-24(29-23(21)31)28-19-7-9-20(10-8-19)30-11-13-33-14-12-30/h4-10,15H,11-14,16-17H2,1-3H3,(H,26,28,29)/t25-/m0/s1. The highest BCUT2D eigenvalue weighted by Gasteiger charge is 2.42. The summed E-state index contributed by atoms with van der Waals surface area (Å²) in [5, 5.41) is 3.36. The van der Waals surface area contributed by atoms with Gasteiger partial charge < -0.3 is 24.6 Å². The van der Waals surface area contributed by atoms with Gasteiger partial charge in [-0.25, -0.2) is 9.97 Å². The Balaban J connectivity index is 1.42. The molecule has 8 nitrogen and oxygen atoms in total. The highest BCUT2D eigenvalue weighted by atomic mass is 16.5. The first-order chi connectivity index (χ1) is 16.1. The molecule has 33 heavy (non-hydrogen) atoms. The van der Waals surface area contributed by atoms with Gasteiger partial charge in [-0.2, -0.15) is 4.98 Å². The summed E-state index contributed by atoms with van der Waals surface area (Å²) < 4.78 is 11.0. The highest BCUT2D eigenvalue weighted by Crippen LogP contribution is 2.43. The number of nitrogens with zero attached hydrogens (tertiary/aromatic N) is 5. The molecule has 1 saturated heterocycles. The number of ether oxygens (including phenoxy) is 2. The van der Waals surface area contributed by atoms with E-state index in [-0.39, 0.29) is 5.41 Å². The molecule has 4 heterocycles. The van der Waals surface area contributed by atoms with Crippen molar-refractivity contribution in [3.63, 3.8) is 0 Å². The van der Waals surface area contributed by atoms with Gasteiger partial charge in [0.05, 0.1) is 19.8 Å². The Morgan fingerprint density at radius 3 is 2.61 bits per heavy atom. The van der Waals surface area contributed by atoms with E-state index in [9.17, 15) is 0 Å². The fourth-order valence-electron chi connectivity index (χ4n) is 4.59. The monoisotopic (exact) mass is 446 g/mol. The minimum absolute atomic E-state index is 0.214. The van der Waals surface area contributed by atoms with Crippen molar-refractivity contribution in [2.24, 2.45) is 0 Å². The number of rotatable bonds is 6. The minimum atomic E-state index is -0.214. The van der Waals surface area contributed by atoms with E-state index in [1.165, 1.54) is 5.69 Å². The highest BCUT2D eigenvalue weighted by molar-refractivity contribution is 5.69. The predicted octanol–water partition coefficient (Wildman–Crippen LogP) is 3.82. The van der Waals surface area contributed by atoms with E-state index in [1.54, 1.807) is 7.11 Å². The van der Waals surface area contributed by atoms with E-state index in [0.29, 0.717) is 12.6 Å². The SMILES string of the molecule is COC[C@]1(C)CN(c2cccc(C)n2)c2nc(Nc3ccc(N4CCOCC4)cc3)ncc21. The van der Waals surface area contributed by atoms with Crippen molar-refractivity contribution in [2.45, 2.75) is 19.3 Å². The smallest absolute Gasteiger partial charge is 0.229 e.